The number of rotatable bonds is 7. The predicted octanol–water partition coefficient (Wildman–Crippen LogP) is 1.80. The van der Waals surface area contributed by atoms with E-state index in [4.69, 9.17) is 0 Å². The standard InChI is InChI=1S/C12H21N3OS/c1-3-14(2)11-9-12(16)15(13-10-11)7-5-4-6-8-17/h9-10,17H,3-8H2,1-2H3. The highest BCUT2D eigenvalue weighted by molar-refractivity contribution is 7.80. The van der Waals surface area contributed by atoms with Crippen LogP contribution in [-0.4, -0.2) is 29.1 Å². The molecule has 0 bridgehead atoms. The number of aromatic nitrogens is 2. The van der Waals surface area contributed by atoms with E-state index >= 15 is 0 Å². The van der Waals surface area contributed by atoms with Crippen LogP contribution < -0.4 is 10.5 Å². The molecule has 0 fully saturated rings. The van der Waals surface area contributed by atoms with Crippen LogP contribution >= 0.6 is 12.6 Å². The van der Waals surface area contributed by atoms with Crippen LogP contribution in [0.3, 0.4) is 0 Å². The Balaban J connectivity index is 2.60. The van der Waals surface area contributed by atoms with E-state index in [0.29, 0.717) is 6.54 Å². The molecule has 4 nitrogen and oxygen atoms in total. The second-order valence-electron chi connectivity index (χ2n) is 4.07. The van der Waals surface area contributed by atoms with Crippen LogP contribution in [0.2, 0.25) is 0 Å². The SMILES string of the molecule is CCN(C)c1cnn(CCCCCS)c(=O)c1. The summed E-state index contributed by atoms with van der Waals surface area (Å²) >= 11 is 4.16. The van der Waals surface area contributed by atoms with Gasteiger partial charge in [-0.2, -0.15) is 17.7 Å². The number of aryl methyl sites for hydroxylation is 1. The smallest absolute Gasteiger partial charge is 0.268 e. The van der Waals surface area contributed by atoms with Crippen LogP contribution in [0.1, 0.15) is 26.2 Å². The fourth-order valence-electron chi connectivity index (χ4n) is 1.53. The summed E-state index contributed by atoms with van der Waals surface area (Å²) in [6.07, 6.45) is 4.92. The normalized spacial score (nSPS) is 10.5. The molecule has 0 saturated heterocycles. The van der Waals surface area contributed by atoms with Crippen molar-refractivity contribution in [1.29, 1.82) is 0 Å². The first-order chi connectivity index (χ1) is 8.19. The number of hydrogen-bond acceptors (Lipinski definition) is 4. The number of unbranched alkanes of at least 4 members (excludes halogenated alkanes) is 2. The van der Waals surface area contributed by atoms with E-state index in [0.717, 1.165) is 37.2 Å². The molecule has 1 aromatic rings. The number of hydrogen-bond donors (Lipinski definition) is 1. The van der Waals surface area contributed by atoms with Crippen molar-refractivity contribution in [3.63, 3.8) is 0 Å². The van der Waals surface area contributed by atoms with Crippen molar-refractivity contribution < 1.29 is 0 Å². The van der Waals surface area contributed by atoms with Crippen molar-refractivity contribution in [3.05, 3.63) is 22.6 Å². The van der Waals surface area contributed by atoms with Crippen molar-refractivity contribution in [2.45, 2.75) is 32.7 Å². The second-order valence-corrected chi connectivity index (χ2v) is 4.52. The van der Waals surface area contributed by atoms with Gasteiger partial charge in [0.15, 0.2) is 0 Å². The Morgan fingerprint density at radius 2 is 2.18 bits per heavy atom. The maximum Gasteiger partial charge on any atom is 0.268 e. The van der Waals surface area contributed by atoms with Gasteiger partial charge in [0.2, 0.25) is 0 Å². The third kappa shape index (κ3) is 4.42. The van der Waals surface area contributed by atoms with Crippen molar-refractivity contribution in [1.82, 2.24) is 9.78 Å². The molecular weight excluding hydrogens is 234 g/mol. The highest BCUT2D eigenvalue weighted by atomic mass is 32.1. The molecule has 1 heterocycles. The van der Waals surface area contributed by atoms with Crippen LogP contribution in [0.15, 0.2) is 17.1 Å². The van der Waals surface area contributed by atoms with Gasteiger partial charge in [-0.3, -0.25) is 4.79 Å². The van der Waals surface area contributed by atoms with Gasteiger partial charge in [0, 0.05) is 26.2 Å². The molecule has 1 rings (SSSR count). The average Bonchev–Trinajstić information content (AvgIpc) is 2.35. The zero-order valence-corrected chi connectivity index (χ0v) is 11.5. The molecule has 0 amide bonds. The lowest BCUT2D eigenvalue weighted by Gasteiger charge is -2.16. The summed E-state index contributed by atoms with van der Waals surface area (Å²) in [4.78, 5) is 13.8. The minimum atomic E-state index is -0.0197. The Bertz CT molecular complexity index is 392. The molecule has 0 atom stereocenters. The summed E-state index contributed by atoms with van der Waals surface area (Å²) in [6, 6.07) is 1.65. The summed E-state index contributed by atoms with van der Waals surface area (Å²) in [5.74, 6) is 0.905. The monoisotopic (exact) mass is 255 g/mol. The molecule has 0 radical (unpaired) electrons. The number of thiol groups is 1. The van der Waals surface area contributed by atoms with Gasteiger partial charge in [-0.05, 0) is 25.5 Å². The Kier molecular flexibility index (Phi) is 6.11. The summed E-state index contributed by atoms with van der Waals surface area (Å²) in [5.41, 5.74) is 0.859. The number of nitrogens with zero attached hydrogens (tertiary/aromatic N) is 3. The highest BCUT2D eigenvalue weighted by Crippen LogP contribution is 2.06. The molecule has 5 heteroatoms. The molecule has 1 aromatic heterocycles. The minimum Gasteiger partial charge on any atom is -0.373 e. The summed E-state index contributed by atoms with van der Waals surface area (Å²) in [5, 5.41) is 4.19. The summed E-state index contributed by atoms with van der Waals surface area (Å²) in [6.45, 7) is 3.61. The third-order valence-corrected chi connectivity index (χ3v) is 3.11. The molecule has 0 unspecified atom stereocenters. The van der Waals surface area contributed by atoms with Crippen LogP contribution in [0.5, 0.6) is 0 Å². The van der Waals surface area contributed by atoms with E-state index in [1.165, 1.54) is 4.68 Å². The quantitative estimate of drug-likeness (QED) is 0.596. The van der Waals surface area contributed by atoms with Crippen LogP contribution in [0, 0.1) is 0 Å². The third-order valence-electron chi connectivity index (χ3n) is 2.80. The predicted molar refractivity (Wildman–Crippen MR) is 75.1 cm³/mol. The van der Waals surface area contributed by atoms with Gasteiger partial charge in [-0.25, -0.2) is 4.68 Å². The fraction of sp³-hybridized carbons (Fsp3) is 0.667. The summed E-state index contributed by atoms with van der Waals surface area (Å²) in [7, 11) is 1.95. The Morgan fingerprint density at radius 3 is 2.76 bits per heavy atom. The minimum absolute atomic E-state index is 0.0197. The number of anilines is 1. The zero-order valence-electron chi connectivity index (χ0n) is 10.6. The van der Waals surface area contributed by atoms with Gasteiger partial charge in [-0.15, -0.1) is 0 Å². The second kappa shape index (κ2) is 7.37. The molecule has 0 aliphatic carbocycles. The topological polar surface area (TPSA) is 38.1 Å². The molecule has 0 spiro atoms. The van der Waals surface area contributed by atoms with Gasteiger partial charge >= 0.3 is 0 Å². The van der Waals surface area contributed by atoms with Crippen molar-refractivity contribution in [3.8, 4) is 0 Å². The first-order valence-electron chi connectivity index (χ1n) is 6.08. The van der Waals surface area contributed by atoms with Crippen LogP contribution in [0.4, 0.5) is 5.69 Å². The highest BCUT2D eigenvalue weighted by Gasteiger charge is 2.02. The zero-order chi connectivity index (χ0) is 12.7. The van der Waals surface area contributed by atoms with E-state index in [2.05, 4.69) is 17.7 Å². The maximum absolute atomic E-state index is 11.8. The van der Waals surface area contributed by atoms with E-state index in [9.17, 15) is 4.79 Å². The van der Waals surface area contributed by atoms with Crippen molar-refractivity contribution in [2.24, 2.45) is 0 Å². The molecule has 0 aromatic carbocycles. The van der Waals surface area contributed by atoms with Gasteiger partial charge < -0.3 is 4.90 Å². The maximum atomic E-state index is 11.8. The largest absolute Gasteiger partial charge is 0.373 e. The van der Waals surface area contributed by atoms with E-state index in [1.807, 2.05) is 18.9 Å². The van der Waals surface area contributed by atoms with Gasteiger partial charge in [0.1, 0.15) is 0 Å². The molecule has 0 aliphatic heterocycles. The van der Waals surface area contributed by atoms with Gasteiger partial charge in [-0.1, -0.05) is 6.42 Å². The van der Waals surface area contributed by atoms with Crippen LogP contribution in [0.25, 0.3) is 0 Å². The first kappa shape index (κ1) is 14.1. The lowest BCUT2D eigenvalue weighted by Crippen LogP contribution is -2.25. The first-order valence-corrected chi connectivity index (χ1v) is 6.71. The molecule has 0 aliphatic rings. The van der Waals surface area contributed by atoms with Crippen molar-refractivity contribution in [2.75, 3.05) is 24.2 Å². The molecular formula is C12H21N3OS. The fourth-order valence-corrected chi connectivity index (χ4v) is 1.76. The summed E-state index contributed by atoms with van der Waals surface area (Å²) < 4.78 is 1.53. The lowest BCUT2D eigenvalue weighted by atomic mass is 10.2. The molecule has 0 N–H and O–H groups in total. The van der Waals surface area contributed by atoms with E-state index in [1.54, 1.807) is 12.3 Å². The average molecular weight is 255 g/mol. The molecule has 0 saturated carbocycles. The Labute approximate surface area is 108 Å². The Morgan fingerprint density at radius 1 is 1.41 bits per heavy atom. The lowest BCUT2D eigenvalue weighted by molar-refractivity contribution is 0.529. The van der Waals surface area contributed by atoms with E-state index < -0.39 is 0 Å². The van der Waals surface area contributed by atoms with Gasteiger partial charge in [0.05, 0.1) is 11.9 Å². The van der Waals surface area contributed by atoms with Crippen LogP contribution in [-0.2, 0) is 6.54 Å². The van der Waals surface area contributed by atoms with E-state index in [-0.39, 0.29) is 5.56 Å². The Hall–Kier alpha value is -0.970. The van der Waals surface area contributed by atoms with Crippen molar-refractivity contribution >= 4 is 18.3 Å². The molecule has 96 valence electrons. The molecule has 17 heavy (non-hydrogen) atoms. The van der Waals surface area contributed by atoms with Gasteiger partial charge in [0.25, 0.3) is 5.56 Å².